The number of rotatable bonds is 2. The molecule has 1 aliphatic carbocycles. The number of carbonyl (C=O) groups is 4. The van der Waals surface area contributed by atoms with Crippen molar-refractivity contribution in [1.82, 2.24) is 0 Å². The quantitative estimate of drug-likeness (QED) is 0.457. The number of hydrogen-bond acceptors (Lipinski definition) is 7. The van der Waals surface area contributed by atoms with Gasteiger partial charge in [0.2, 0.25) is 0 Å². The van der Waals surface area contributed by atoms with Gasteiger partial charge in [-0.2, -0.15) is 0 Å². The summed E-state index contributed by atoms with van der Waals surface area (Å²) in [5.74, 6) is -5.15. The van der Waals surface area contributed by atoms with E-state index in [4.69, 9.17) is 4.74 Å². The fourth-order valence-corrected chi connectivity index (χ4v) is 3.49. The Bertz CT molecular complexity index is 928. The topological polar surface area (TPSA) is 118 Å². The van der Waals surface area contributed by atoms with E-state index in [0.717, 1.165) is 13.0 Å². The molecule has 1 aromatic rings. The van der Waals surface area contributed by atoms with Crippen LogP contribution >= 0.6 is 0 Å². The van der Waals surface area contributed by atoms with Crippen LogP contribution in [0.15, 0.2) is 11.8 Å². The maximum Gasteiger partial charge on any atom is 0.177 e. The number of carbonyl (C=O) groups excluding carboxylic acids is 4. The normalized spacial score (nSPS) is 23.4. The van der Waals surface area contributed by atoms with Gasteiger partial charge in [-0.1, -0.05) is 0 Å². The van der Waals surface area contributed by atoms with E-state index in [1.807, 2.05) is 0 Å². The van der Waals surface area contributed by atoms with Gasteiger partial charge in [-0.3, -0.25) is 19.2 Å². The van der Waals surface area contributed by atoms with Gasteiger partial charge in [-0.15, -0.1) is 0 Å². The van der Waals surface area contributed by atoms with Crippen LogP contribution in [0.4, 0.5) is 0 Å². The molecule has 2 N–H and O–H groups in total. The number of phenols is 2. The predicted molar refractivity (Wildman–Crippen MR) is 90.5 cm³/mol. The second kappa shape index (κ2) is 6.33. The van der Waals surface area contributed by atoms with E-state index in [1.54, 1.807) is 0 Å². The minimum atomic E-state index is -1.59. The average Bonchev–Trinajstić information content (AvgIpc) is 2.78. The van der Waals surface area contributed by atoms with E-state index >= 15 is 0 Å². The summed E-state index contributed by atoms with van der Waals surface area (Å²) in [6, 6.07) is 0. The average molecular weight is 367 g/mol. The van der Waals surface area contributed by atoms with Crippen molar-refractivity contribution in [3.05, 3.63) is 28.5 Å². The zero-order valence-corrected chi connectivity index (χ0v) is 17.1. The first-order valence-electron chi connectivity index (χ1n) is 7.62. The molecule has 2 unspecified atom stereocenters. The maximum atomic E-state index is 13.0. The van der Waals surface area contributed by atoms with Crippen LogP contribution in [0.5, 0.6) is 17.2 Å². The van der Waals surface area contributed by atoms with Gasteiger partial charge in [0.25, 0.3) is 0 Å². The van der Waals surface area contributed by atoms with Crippen LogP contribution in [0.3, 0.4) is 0 Å². The number of ketones is 4. The van der Waals surface area contributed by atoms with Crippen molar-refractivity contribution in [2.24, 2.45) is 5.92 Å². The summed E-state index contributed by atoms with van der Waals surface area (Å²) < 4.78 is 5.56. The molecule has 2 atom stereocenters. The zero-order valence-electron chi connectivity index (χ0n) is 15.1. The van der Waals surface area contributed by atoms with Crippen molar-refractivity contribution >= 4 is 52.7 Å². The first kappa shape index (κ1) is 20.4. The van der Waals surface area contributed by atoms with E-state index in [0.29, 0.717) is 0 Å². The van der Waals surface area contributed by atoms with Crippen LogP contribution < -0.4 is 4.74 Å². The van der Waals surface area contributed by atoms with Crippen LogP contribution in [0.1, 0.15) is 42.3 Å². The Balaban J connectivity index is 0.00000243. The molecule has 26 heavy (non-hydrogen) atoms. The molecule has 0 bridgehead atoms. The van der Waals surface area contributed by atoms with Gasteiger partial charge >= 0.3 is 0 Å². The zero-order chi connectivity index (χ0) is 18.8. The van der Waals surface area contributed by atoms with Crippen molar-refractivity contribution in [3.63, 3.8) is 0 Å². The van der Waals surface area contributed by atoms with Gasteiger partial charge in [-0.25, -0.2) is 0 Å². The van der Waals surface area contributed by atoms with Gasteiger partial charge in [-0.05, 0) is 27.7 Å². The number of fused-ring (bicyclic) bond motifs is 3. The molecule has 2 aliphatic rings. The van der Waals surface area contributed by atoms with E-state index in [9.17, 15) is 29.4 Å². The molecule has 0 saturated heterocycles. The third kappa shape index (κ3) is 2.38. The molecule has 8 heteroatoms. The van der Waals surface area contributed by atoms with E-state index in [2.05, 4.69) is 0 Å². The molecule has 131 valence electrons. The van der Waals surface area contributed by atoms with Gasteiger partial charge in [0, 0.05) is 41.2 Å². The SMILES string of the molecule is CC(=O)c1c(O)c(C)c(O)c2c1OC1=CC(=O)C(C(C)=O)C(=O)C12C.[Na]. The Morgan fingerprint density at radius 2 is 1.73 bits per heavy atom. The molecule has 1 aromatic carbocycles. The molecule has 1 aliphatic heterocycles. The molecule has 0 fully saturated rings. The van der Waals surface area contributed by atoms with Crippen LogP contribution in [0.2, 0.25) is 0 Å². The summed E-state index contributed by atoms with van der Waals surface area (Å²) >= 11 is 0. The second-order valence-corrected chi connectivity index (χ2v) is 6.50. The molecule has 1 heterocycles. The number of hydrogen-bond donors (Lipinski definition) is 2. The molecule has 1 radical (unpaired) electrons. The Kier molecular flexibility index (Phi) is 4.96. The van der Waals surface area contributed by atoms with Crippen molar-refractivity contribution in [3.8, 4) is 17.2 Å². The molecule has 0 saturated carbocycles. The summed E-state index contributed by atoms with van der Waals surface area (Å²) in [4.78, 5) is 48.8. The summed E-state index contributed by atoms with van der Waals surface area (Å²) in [7, 11) is 0. The van der Waals surface area contributed by atoms with Gasteiger partial charge in [0.05, 0.1) is 5.56 Å². The molecular weight excluding hydrogens is 351 g/mol. The monoisotopic (exact) mass is 367 g/mol. The molecular formula is C18H16NaO7. The van der Waals surface area contributed by atoms with Crippen LogP contribution in [0.25, 0.3) is 0 Å². The van der Waals surface area contributed by atoms with Crippen molar-refractivity contribution in [1.29, 1.82) is 0 Å². The summed E-state index contributed by atoms with van der Waals surface area (Å²) in [5, 5.41) is 20.7. The Hall–Kier alpha value is -1.96. The predicted octanol–water partition coefficient (Wildman–Crippen LogP) is 1.12. The van der Waals surface area contributed by atoms with Crippen LogP contribution in [-0.2, 0) is 19.8 Å². The minimum absolute atomic E-state index is 0. The van der Waals surface area contributed by atoms with Crippen molar-refractivity contribution in [2.45, 2.75) is 33.1 Å². The summed E-state index contributed by atoms with van der Waals surface area (Å²) in [5.41, 5.74) is -1.77. The molecule has 7 nitrogen and oxygen atoms in total. The fourth-order valence-electron chi connectivity index (χ4n) is 3.49. The smallest absolute Gasteiger partial charge is 0.177 e. The number of phenolic OH excluding ortho intramolecular Hbond substituents is 2. The summed E-state index contributed by atoms with van der Waals surface area (Å²) in [6.45, 7) is 5.17. The van der Waals surface area contributed by atoms with Gasteiger partial charge in [0.1, 0.15) is 45.7 Å². The van der Waals surface area contributed by atoms with Crippen molar-refractivity contribution < 1.29 is 34.1 Å². The standard InChI is InChI=1S/C18H16O7.Na/c1-6-14(22)12(8(3)20)16-13(15(6)23)18(4)10(25-16)5-9(21)11(7(2)19)17(18)24;/h5,11,22-23H,1-4H3;. The van der Waals surface area contributed by atoms with E-state index in [1.165, 1.54) is 20.8 Å². The third-order valence-corrected chi connectivity index (χ3v) is 4.91. The second-order valence-electron chi connectivity index (χ2n) is 6.50. The number of ether oxygens (including phenoxy) is 1. The first-order chi connectivity index (χ1) is 11.5. The maximum absolute atomic E-state index is 13.0. The Morgan fingerprint density at radius 3 is 2.23 bits per heavy atom. The first-order valence-corrected chi connectivity index (χ1v) is 7.62. The van der Waals surface area contributed by atoms with Gasteiger partial charge in [0.15, 0.2) is 17.3 Å². The number of benzene rings is 1. The number of aromatic hydroxyl groups is 2. The van der Waals surface area contributed by atoms with Crippen LogP contribution in [0, 0.1) is 12.8 Å². The summed E-state index contributed by atoms with van der Waals surface area (Å²) in [6.07, 6.45) is 1.04. The fraction of sp³-hybridized carbons (Fsp3) is 0.333. The third-order valence-electron chi connectivity index (χ3n) is 4.91. The van der Waals surface area contributed by atoms with Gasteiger partial charge < -0.3 is 14.9 Å². The molecule has 3 rings (SSSR count). The molecule has 0 amide bonds. The largest absolute Gasteiger partial charge is 0.507 e. The Morgan fingerprint density at radius 1 is 1.15 bits per heavy atom. The Labute approximate surface area is 171 Å². The van der Waals surface area contributed by atoms with E-state index < -0.39 is 46.0 Å². The van der Waals surface area contributed by atoms with E-state index in [-0.39, 0.29) is 57.8 Å². The number of Topliss-reactive ketones (excluding diaryl/α,β-unsaturated/α-hetero) is 3. The molecule has 0 spiro atoms. The van der Waals surface area contributed by atoms with Crippen LogP contribution in [-0.4, -0.2) is 62.9 Å². The minimum Gasteiger partial charge on any atom is -0.507 e. The number of allylic oxidation sites excluding steroid dienone is 2. The molecule has 0 aromatic heterocycles. The van der Waals surface area contributed by atoms with Crippen molar-refractivity contribution in [2.75, 3.05) is 0 Å².